The molecule has 112 valence electrons. The molecule has 2 aromatic rings. The lowest BCUT2D eigenvalue weighted by atomic mass is 10.3. The molecule has 0 radical (unpaired) electrons. The minimum atomic E-state index is -0.0509. The molecular formula is C16H21N3O2. The molecule has 1 amide bonds. The van der Waals surface area contributed by atoms with E-state index in [1.54, 1.807) is 12.5 Å². The van der Waals surface area contributed by atoms with Gasteiger partial charge in [-0.1, -0.05) is 18.2 Å². The van der Waals surface area contributed by atoms with Crippen molar-refractivity contribution in [1.29, 1.82) is 0 Å². The van der Waals surface area contributed by atoms with Crippen molar-refractivity contribution in [2.24, 2.45) is 0 Å². The topological polar surface area (TPSA) is 56.2 Å². The second-order valence-electron chi connectivity index (χ2n) is 4.95. The SMILES string of the molecule is C[C@H](CNC(=O)CCCn1ccnc1)Oc1ccccc1. The molecule has 0 saturated carbocycles. The van der Waals surface area contributed by atoms with Crippen LogP contribution in [-0.4, -0.2) is 28.1 Å². The average Bonchev–Trinajstić information content (AvgIpc) is 2.99. The Morgan fingerprint density at radius 2 is 2.19 bits per heavy atom. The van der Waals surface area contributed by atoms with Crippen molar-refractivity contribution in [1.82, 2.24) is 14.9 Å². The molecule has 2 rings (SSSR count). The van der Waals surface area contributed by atoms with Crippen LogP contribution in [0.4, 0.5) is 0 Å². The Morgan fingerprint density at radius 3 is 2.90 bits per heavy atom. The van der Waals surface area contributed by atoms with Gasteiger partial charge in [0, 0.05) is 25.4 Å². The lowest BCUT2D eigenvalue weighted by Gasteiger charge is -2.15. The zero-order valence-corrected chi connectivity index (χ0v) is 12.2. The quantitative estimate of drug-likeness (QED) is 0.810. The number of benzene rings is 1. The van der Waals surface area contributed by atoms with Crippen LogP contribution in [-0.2, 0) is 11.3 Å². The molecule has 0 aliphatic heterocycles. The van der Waals surface area contributed by atoms with Crippen molar-refractivity contribution in [2.75, 3.05) is 6.54 Å². The highest BCUT2D eigenvalue weighted by molar-refractivity contribution is 5.75. The molecular weight excluding hydrogens is 266 g/mol. The van der Waals surface area contributed by atoms with Gasteiger partial charge in [0.25, 0.3) is 0 Å². The minimum absolute atomic E-state index is 0.0509. The van der Waals surface area contributed by atoms with E-state index in [0.717, 1.165) is 18.7 Å². The van der Waals surface area contributed by atoms with Gasteiger partial charge < -0.3 is 14.6 Å². The molecule has 0 fully saturated rings. The third kappa shape index (κ3) is 5.69. The van der Waals surface area contributed by atoms with Gasteiger partial charge in [-0.15, -0.1) is 0 Å². The van der Waals surface area contributed by atoms with Crippen molar-refractivity contribution in [3.8, 4) is 5.75 Å². The molecule has 21 heavy (non-hydrogen) atoms. The van der Waals surface area contributed by atoms with Crippen LogP contribution in [0.2, 0.25) is 0 Å². The summed E-state index contributed by atoms with van der Waals surface area (Å²) in [5, 5.41) is 2.89. The van der Waals surface area contributed by atoms with Crippen molar-refractivity contribution >= 4 is 5.91 Å². The number of imidazole rings is 1. The number of carbonyl (C=O) groups excluding carboxylic acids is 1. The fourth-order valence-corrected chi connectivity index (χ4v) is 1.96. The Balaban J connectivity index is 1.60. The molecule has 5 heteroatoms. The number of nitrogens with one attached hydrogen (secondary N) is 1. The Morgan fingerprint density at radius 1 is 1.38 bits per heavy atom. The highest BCUT2D eigenvalue weighted by atomic mass is 16.5. The number of rotatable bonds is 8. The van der Waals surface area contributed by atoms with Crippen molar-refractivity contribution in [2.45, 2.75) is 32.4 Å². The summed E-state index contributed by atoms with van der Waals surface area (Å²) >= 11 is 0. The van der Waals surface area contributed by atoms with E-state index in [9.17, 15) is 4.79 Å². The zero-order valence-electron chi connectivity index (χ0n) is 12.2. The molecule has 5 nitrogen and oxygen atoms in total. The average molecular weight is 287 g/mol. The van der Waals surface area contributed by atoms with Crippen LogP contribution in [0.1, 0.15) is 19.8 Å². The number of ether oxygens (including phenoxy) is 1. The number of hydrogen-bond acceptors (Lipinski definition) is 3. The first kappa shape index (κ1) is 15.1. The summed E-state index contributed by atoms with van der Waals surface area (Å²) in [7, 11) is 0. The summed E-state index contributed by atoms with van der Waals surface area (Å²) in [6.07, 6.45) is 6.65. The number of amides is 1. The van der Waals surface area contributed by atoms with Crippen LogP contribution in [0.25, 0.3) is 0 Å². The van der Waals surface area contributed by atoms with E-state index in [-0.39, 0.29) is 12.0 Å². The van der Waals surface area contributed by atoms with E-state index in [1.807, 2.05) is 48.0 Å². The Bertz CT molecular complexity index is 526. The minimum Gasteiger partial charge on any atom is -0.489 e. The van der Waals surface area contributed by atoms with E-state index in [4.69, 9.17) is 4.74 Å². The van der Waals surface area contributed by atoms with Gasteiger partial charge in [-0.2, -0.15) is 0 Å². The standard InChI is InChI=1S/C16H21N3O2/c1-14(21-15-6-3-2-4-7-15)12-18-16(20)8-5-10-19-11-9-17-13-19/h2-4,6-7,9,11,13-14H,5,8,10,12H2,1H3,(H,18,20)/t14-/m1/s1. The molecule has 1 aromatic heterocycles. The Kier molecular flexibility index (Phi) is 5.82. The second kappa shape index (κ2) is 8.09. The Hall–Kier alpha value is -2.30. The normalized spacial score (nSPS) is 11.9. The second-order valence-corrected chi connectivity index (χ2v) is 4.95. The summed E-state index contributed by atoms with van der Waals surface area (Å²) in [6, 6.07) is 9.61. The summed E-state index contributed by atoms with van der Waals surface area (Å²) in [4.78, 5) is 15.7. The van der Waals surface area contributed by atoms with Crippen LogP contribution >= 0.6 is 0 Å². The molecule has 1 aromatic carbocycles. The van der Waals surface area contributed by atoms with Crippen molar-refractivity contribution in [3.05, 3.63) is 49.1 Å². The Labute approximate surface area is 125 Å². The van der Waals surface area contributed by atoms with Gasteiger partial charge in [-0.05, 0) is 25.5 Å². The number of aryl methyl sites for hydroxylation is 1. The fraction of sp³-hybridized carbons (Fsp3) is 0.375. The van der Waals surface area contributed by atoms with Crippen LogP contribution < -0.4 is 10.1 Å². The molecule has 0 bridgehead atoms. The largest absolute Gasteiger partial charge is 0.489 e. The molecule has 1 N–H and O–H groups in total. The van der Waals surface area contributed by atoms with Crippen LogP contribution in [0.5, 0.6) is 5.75 Å². The third-order valence-electron chi connectivity index (χ3n) is 3.05. The molecule has 0 spiro atoms. The maximum atomic E-state index is 11.7. The number of nitrogens with zero attached hydrogens (tertiary/aromatic N) is 2. The predicted octanol–water partition coefficient (Wildman–Crippen LogP) is 2.25. The molecule has 1 atom stereocenters. The summed E-state index contributed by atoms with van der Waals surface area (Å²) in [5.74, 6) is 0.873. The smallest absolute Gasteiger partial charge is 0.220 e. The maximum Gasteiger partial charge on any atom is 0.220 e. The first-order chi connectivity index (χ1) is 10.2. The number of para-hydroxylation sites is 1. The molecule has 1 heterocycles. The van der Waals surface area contributed by atoms with E-state index in [0.29, 0.717) is 13.0 Å². The van der Waals surface area contributed by atoms with Crippen molar-refractivity contribution < 1.29 is 9.53 Å². The fourth-order valence-electron chi connectivity index (χ4n) is 1.96. The van der Waals surface area contributed by atoms with Gasteiger partial charge >= 0.3 is 0 Å². The van der Waals surface area contributed by atoms with Gasteiger partial charge in [0.05, 0.1) is 12.9 Å². The first-order valence-electron chi connectivity index (χ1n) is 7.18. The first-order valence-corrected chi connectivity index (χ1v) is 7.18. The molecule has 0 aliphatic rings. The maximum absolute atomic E-state index is 11.7. The monoisotopic (exact) mass is 287 g/mol. The van der Waals surface area contributed by atoms with Gasteiger partial charge in [0.15, 0.2) is 0 Å². The van der Waals surface area contributed by atoms with E-state index < -0.39 is 0 Å². The molecule has 0 saturated heterocycles. The highest BCUT2D eigenvalue weighted by Gasteiger charge is 2.06. The zero-order chi connectivity index (χ0) is 14.9. The van der Waals surface area contributed by atoms with Crippen LogP contribution in [0.15, 0.2) is 49.1 Å². The number of hydrogen-bond donors (Lipinski definition) is 1. The highest BCUT2D eigenvalue weighted by Crippen LogP contribution is 2.10. The van der Waals surface area contributed by atoms with Gasteiger partial charge in [0.1, 0.15) is 11.9 Å². The van der Waals surface area contributed by atoms with Crippen LogP contribution in [0, 0.1) is 0 Å². The van der Waals surface area contributed by atoms with E-state index >= 15 is 0 Å². The third-order valence-corrected chi connectivity index (χ3v) is 3.05. The summed E-state index contributed by atoms with van der Waals surface area (Å²) < 4.78 is 7.67. The molecule has 0 aliphatic carbocycles. The lowest BCUT2D eigenvalue weighted by molar-refractivity contribution is -0.121. The van der Waals surface area contributed by atoms with E-state index in [2.05, 4.69) is 10.3 Å². The number of aromatic nitrogens is 2. The van der Waals surface area contributed by atoms with Crippen molar-refractivity contribution in [3.63, 3.8) is 0 Å². The predicted molar refractivity (Wildman–Crippen MR) is 81.0 cm³/mol. The van der Waals surface area contributed by atoms with E-state index in [1.165, 1.54) is 0 Å². The van der Waals surface area contributed by atoms with Gasteiger partial charge in [-0.25, -0.2) is 4.98 Å². The summed E-state index contributed by atoms with van der Waals surface area (Å²) in [6.45, 7) is 3.26. The summed E-state index contributed by atoms with van der Waals surface area (Å²) in [5.41, 5.74) is 0. The van der Waals surface area contributed by atoms with Gasteiger partial charge in [0.2, 0.25) is 5.91 Å². The van der Waals surface area contributed by atoms with Gasteiger partial charge in [-0.3, -0.25) is 4.79 Å². The lowest BCUT2D eigenvalue weighted by Crippen LogP contribution is -2.33. The number of carbonyl (C=O) groups is 1. The van der Waals surface area contributed by atoms with Crippen LogP contribution in [0.3, 0.4) is 0 Å². The molecule has 0 unspecified atom stereocenters.